The third-order valence-corrected chi connectivity index (χ3v) is 3.05. The van der Waals surface area contributed by atoms with Crippen molar-refractivity contribution in [1.29, 1.82) is 0 Å². The molecular formula is C13H13N3O2. The summed E-state index contributed by atoms with van der Waals surface area (Å²) >= 11 is 0. The van der Waals surface area contributed by atoms with Gasteiger partial charge in [-0.2, -0.15) is 0 Å². The molecule has 3 rings (SSSR count). The van der Waals surface area contributed by atoms with Gasteiger partial charge < -0.3 is 10.4 Å². The molecule has 0 aliphatic carbocycles. The molecule has 92 valence electrons. The van der Waals surface area contributed by atoms with Crippen molar-refractivity contribution >= 4 is 16.8 Å². The molecule has 1 amide bonds. The van der Waals surface area contributed by atoms with Gasteiger partial charge in [0, 0.05) is 18.5 Å². The Kier molecular flexibility index (Phi) is 2.60. The number of aromatic hydroxyl groups is 1. The molecule has 1 aromatic heterocycles. The highest BCUT2D eigenvalue weighted by Gasteiger charge is 2.24. The summed E-state index contributed by atoms with van der Waals surface area (Å²) in [6, 6.07) is 8.46. The molecular weight excluding hydrogens is 230 g/mol. The molecule has 1 unspecified atom stereocenters. The van der Waals surface area contributed by atoms with Crippen molar-refractivity contribution < 1.29 is 9.90 Å². The summed E-state index contributed by atoms with van der Waals surface area (Å²) in [4.78, 5) is 16.1. The maximum atomic E-state index is 11.7. The number of piperazine rings is 1. The molecule has 18 heavy (non-hydrogen) atoms. The van der Waals surface area contributed by atoms with Crippen molar-refractivity contribution in [2.24, 2.45) is 0 Å². The van der Waals surface area contributed by atoms with Gasteiger partial charge in [0.25, 0.3) is 0 Å². The molecule has 1 aliphatic rings. The minimum Gasteiger partial charge on any atom is -0.506 e. The topological polar surface area (TPSA) is 74.2 Å². The predicted molar refractivity (Wildman–Crippen MR) is 67.2 cm³/mol. The third-order valence-electron chi connectivity index (χ3n) is 3.05. The second kappa shape index (κ2) is 4.27. The number of amides is 1. The maximum Gasteiger partial charge on any atom is 0.243 e. The Hall–Kier alpha value is -2.14. The van der Waals surface area contributed by atoms with Crippen LogP contribution in [0.5, 0.6) is 5.75 Å². The number of phenols is 1. The zero-order chi connectivity index (χ0) is 12.5. The lowest BCUT2D eigenvalue weighted by Crippen LogP contribution is -2.47. The van der Waals surface area contributed by atoms with Crippen molar-refractivity contribution in [3.63, 3.8) is 0 Å². The number of aromatic nitrogens is 1. The van der Waals surface area contributed by atoms with Crippen LogP contribution in [0.15, 0.2) is 30.3 Å². The van der Waals surface area contributed by atoms with Gasteiger partial charge in [0.1, 0.15) is 17.3 Å². The van der Waals surface area contributed by atoms with E-state index in [0.717, 1.165) is 11.9 Å². The molecule has 0 saturated carbocycles. The van der Waals surface area contributed by atoms with Gasteiger partial charge in [-0.3, -0.25) is 10.1 Å². The summed E-state index contributed by atoms with van der Waals surface area (Å²) in [5.74, 6) is 0.0501. The number of benzene rings is 1. The monoisotopic (exact) mass is 243 g/mol. The summed E-state index contributed by atoms with van der Waals surface area (Å²) in [6.45, 7) is 1.35. The molecule has 2 heterocycles. The van der Waals surface area contributed by atoms with Crippen LogP contribution < -0.4 is 10.6 Å². The zero-order valence-corrected chi connectivity index (χ0v) is 9.68. The number of carbonyl (C=O) groups is 1. The van der Waals surface area contributed by atoms with Crippen molar-refractivity contribution in [3.05, 3.63) is 36.0 Å². The van der Waals surface area contributed by atoms with Crippen LogP contribution in [0.4, 0.5) is 0 Å². The van der Waals surface area contributed by atoms with Crippen LogP contribution in [-0.2, 0) is 4.79 Å². The fourth-order valence-electron chi connectivity index (χ4n) is 2.14. The lowest BCUT2D eigenvalue weighted by Gasteiger charge is -2.23. The second-order valence-electron chi connectivity index (χ2n) is 4.26. The van der Waals surface area contributed by atoms with Gasteiger partial charge in [0.2, 0.25) is 5.91 Å². The van der Waals surface area contributed by atoms with Gasteiger partial charge >= 0.3 is 0 Å². The average molecular weight is 243 g/mol. The number of pyridine rings is 1. The number of fused-ring (bicyclic) bond motifs is 1. The van der Waals surface area contributed by atoms with Crippen molar-refractivity contribution in [2.45, 2.75) is 6.04 Å². The minimum absolute atomic E-state index is 0.0801. The van der Waals surface area contributed by atoms with Gasteiger partial charge in [0.15, 0.2) is 0 Å². The summed E-state index contributed by atoms with van der Waals surface area (Å²) in [5.41, 5.74) is 1.15. The van der Waals surface area contributed by atoms with E-state index >= 15 is 0 Å². The van der Waals surface area contributed by atoms with E-state index in [4.69, 9.17) is 0 Å². The van der Waals surface area contributed by atoms with E-state index in [1.165, 1.54) is 0 Å². The number of phenolic OH excluding ortho intramolecular Hbond substituents is 1. The maximum absolute atomic E-state index is 11.7. The highest BCUT2D eigenvalue weighted by atomic mass is 16.3. The Morgan fingerprint density at radius 1 is 1.22 bits per heavy atom. The Balaban J connectivity index is 2.07. The first-order valence-corrected chi connectivity index (χ1v) is 5.85. The number of hydrogen-bond acceptors (Lipinski definition) is 4. The van der Waals surface area contributed by atoms with Crippen molar-refractivity contribution in [1.82, 2.24) is 15.6 Å². The Bertz CT molecular complexity index is 612. The molecule has 1 aromatic carbocycles. The molecule has 5 nitrogen and oxygen atoms in total. The Labute approximate surface area is 104 Å². The first kappa shape index (κ1) is 11.0. The number of hydrogen-bond donors (Lipinski definition) is 3. The van der Waals surface area contributed by atoms with Crippen molar-refractivity contribution in [2.75, 3.05) is 13.1 Å². The van der Waals surface area contributed by atoms with Crippen LogP contribution in [0.25, 0.3) is 10.9 Å². The summed E-state index contributed by atoms with van der Waals surface area (Å²) in [6.07, 6.45) is 0. The first-order valence-electron chi connectivity index (χ1n) is 5.85. The largest absolute Gasteiger partial charge is 0.506 e. The van der Waals surface area contributed by atoms with Crippen LogP contribution >= 0.6 is 0 Å². The summed E-state index contributed by atoms with van der Waals surface area (Å²) < 4.78 is 0. The first-order chi connectivity index (χ1) is 8.75. The van der Waals surface area contributed by atoms with Gasteiger partial charge in [-0.05, 0) is 12.1 Å². The number of nitrogens with one attached hydrogen (secondary N) is 2. The third kappa shape index (κ3) is 1.78. The molecule has 1 aliphatic heterocycles. The predicted octanol–water partition coefficient (Wildman–Crippen LogP) is 0.701. The summed E-state index contributed by atoms with van der Waals surface area (Å²) in [7, 11) is 0. The van der Waals surface area contributed by atoms with E-state index in [1.807, 2.05) is 18.2 Å². The minimum atomic E-state index is -0.442. The molecule has 2 aromatic rings. The highest BCUT2D eigenvalue weighted by molar-refractivity contribution is 5.87. The summed E-state index contributed by atoms with van der Waals surface area (Å²) in [5, 5.41) is 16.5. The van der Waals surface area contributed by atoms with Gasteiger partial charge in [0.05, 0.1) is 5.69 Å². The molecule has 1 fully saturated rings. The average Bonchev–Trinajstić information content (AvgIpc) is 2.40. The molecule has 1 saturated heterocycles. The number of nitrogens with zero attached hydrogens (tertiary/aromatic N) is 1. The van der Waals surface area contributed by atoms with E-state index in [1.54, 1.807) is 12.1 Å². The SMILES string of the molecule is O=C1NCCNC1c1ccc2cccc(O)c2n1. The lowest BCUT2D eigenvalue weighted by atomic mass is 10.1. The van der Waals surface area contributed by atoms with E-state index in [-0.39, 0.29) is 11.7 Å². The van der Waals surface area contributed by atoms with Crippen LogP contribution in [-0.4, -0.2) is 29.1 Å². The number of para-hydroxylation sites is 1. The fourth-order valence-corrected chi connectivity index (χ4v) is 2.14. The second-order valence-corrected chi connectivity index (χ2v) is 4.26. The van der Waals surface area contributed by atoms with Crippen LogP contribution in [0.2, 0.25) is 0 Å². The Morgan fingerprint density at radius 2 is 2.11 bits per heavy atom. The van der Waals surface area contributed by atoms with E-state index in [2.05, 4.69) is 15.6 Å². The van der Waals surface area contributed by atoms with Gasteiger partial charge in [-0.15, -0.1) is 0 Å². The van der Waals surface area contributed by atoms with Crippen LogP contribution in [0.3, 0.4) is 0 Å². The molecule has 0 spiro atoms. The van der Waals surface area contributed by atoms with Crippen LogP contribution in [0, 0.1) is 0 Å². The molecule has 5 heteroatoms. The number of carbonyl (C=O) groups excluding carboxylic acids is 1. The molecule has 1 atom stereocenters. The highest BCUT2D eigenvalue weighted by Crippen LogP contribution is 2.24. The number of rotatable bonds is 1. The fraction of sp³-hybridized carbons (Fsp3) is 0.231. The standard InChI is InChI=1S/C13H13N3O2/c17-10-3-1-2-8-4-5-9(16-11(8)10)12-13(18)15-7-6-14-12/h1-5,12,14,17H,6-7H2,(H,15,18). The normalized spacial score (nSPS) is 19.8. The molecule has 0 bridgehead atoms. The smallest absolute Gasteiger partial charge is 0.243 e. The Morgan fingerprint density at radius 3 is 2.94 bits per heavy atom. The van der Waals surface area contributed by atoms with E-state index < -0.39 is 6.04 Å². The van der Waals surface area contributed by atoms with Gasteiger partial charge in [-0.1, -0.05) is 18.2 Å². The molecule has 0 radical (unpaired) electrons. The van der Waals surface area contributed by atoms with Crippen molar-refractivity contribution in [3.8, 4) is 5.75 Å². The van der Waals surface area contributed by atoms with E-state index in [0.29, 0.717) is 17.8 Å². The quantitative estimate of drug-likeness (QED) is 0.689. The van der Waals surface area contributed by atoms with E-state index in [9.17, 15) is 9.90 Å². The van der Waals surface area contributed by atoms with Gasteiger partial charge in [-0.25, -0.2) is 4.98 Å². The molecule has 3 N–H and O–H groups in total. The lowest BCUT2D eigenvalue weighted by molar-refractivity contribution is -0.124. The zero-order valence-electron chi connectivity index (χ0n) is 9.68. The van der Waals surface area contributed by atoms with Crippen LogP contribution in [0.1, 0.15) is 11.7 Å².